The van der Waals surface area contributed by atoms with Crippen molar-refractivity contribution in [2.45, 2.75) is 25.8 Å². The van der Waals surface area contributed by atoms with Gasteiger partial charge in [-0.3, -0.25) is 9.59 Å². The molecule has 0 saturated heterocycles. The normalized spacial score (nSPS) is 18.2. The highest BCUT2D eigenvalue weighted by Crippen LogP contribution is 2.37. The van der Waals surface area contributed by atoms with Crippen LogP contribution in [0.15, 0.2) is 54.2 Å². The molecule has 0 radical (unpaired) electrons. The van der Waals surface area contributed by atoms with Gasteiger partial charge in [-0.05, 0) is 35.7 Å². The van der Waals surface area contributed by atoms with Crippen molar-refractivity contribution in [3.63, 3.8) is 0 Å². The number of nitrogens with two attached hydrogens (primary N) is 1. The minimum atomic E-state index is -0.896. The number of fused-ring (bicyclic) bond motifs is 1. The molecule has 7 nitrogen and oxygen atoms in total. The summed E-state index contributed by atoms with van der Waals surface area (Å²) in [6.07, 6.45) is 2.26. The Morgan fingerprint density at radius 3 is 2.69 bits per heavy atom. The van der Waals surface area contributed by atoms with E-state index in [0.717, 1.165) is 18.3 Å². The smallest absolute Gasteiger partial charge is 0.254 e. The second kappa shape index (κ2) is 9.43. The van der Waals surface area contributed by atoms with Crippen molar-refractivity contribution in [2.75, 3.05) is 11.9 Å². The molecule has 3 rings (SSSR count). The lowest BCUT2D eigenvalue weighted by Gasteiger charge is -2.42. The van der Waals surface area contributed by atoms with Crippen LogP contribution in [0.1, 0.15) is 41.3 Å². The highest BCUT2D eigenvalue weighted by Gasteiger charge is 2.44. The molecule has 164 valence electrons. The van der Waals surface area contributed by atoms with Gasteiger partial charge in [-0.25, -0.2) is 4.39 Å². The minimum Gasteiger partial charge on any atom is -0.404 e. The van der Waals surface area contributed by atoms with Crippen molar-refractivity contribution in [3.8, 4) is 6.07 Å². The minimum absolute atomic E-state index is 0.0690. The topological polar surface area (TPSA) is 123 Å². The molecule has 0 unspecified atom stereocenters. The molecule has 2 aromatic rings. The Labute approximate surface area is 185 Å². The summed E-state index contributed by atoms with van der Waals surface area (Å²) in [5, 5.41) is 19.6. The van der Waals surface area contributed by atoms with Gasteiger partial charge in [0, 0.05) is 35.8 Å². The molecule has 2 amide bonds. The number of hydrogen-bond donors (Lipinski definition) is 3. The molecule has 0 fully saturated rings. The molecule has 4 N–H and O–H groups in total. The molecule has 1 aliphatic rings. The quantitative estimate of drug-likeness (QED) is 0.604. The van der Waals surface area contributed by atoms with Crippen LogP contribution < -0.4 is 11.1 Å². The number of carbonyl (C=O) groups is 2. The summed E-state index contributed by atoms with van der Waals surface area (Å²) >= 11 is 0. The average molecular weight is 433 g/mol. The van der Waals surface area contributed by atoms with Crippen LogP contribution in [0, 0.1) is 28.5 Å². The molecular weight excluding hydrogens is 409 g/mol. The van der Waals surface area contributed by atoms with Gasteiger partial charge in [-0.2, -0.15) is 5.26 Å². The maximum Gasteiger partial charge on any atom is 0.254 e. The summed E-state index contributed by atoms with van der Waals surface area (Å²) in [5.74, 6) is -2.20. The van der Waals surface area contributed by atoms with E-state index in [1.165, 1.54) is 12.3 Å². The van der Waals surface area contributed by atoms with Gasteiger partial charge in [-0.15, -0.1) is 0 Å². The number of nitrogens with one attached hydrogen (secondary N) is 2. The summed E-state index contributed by atoms with van der Waals surface area (Å²) in [5.41, 5.74) is 7.17. The fourth-order valence-electron chi connectivity index (χ4n) is 4.02. The molecule has 1 aliphatic heterocycles. The van der Waals surface area contributed by atoms with E-state index >= 15 is 0 Å². The number of hydrogen-bond acceptors (Lipinski definition) is 5. The number of nitrogens with zero attached hydrogens (tertiary/aromatic N) is 2. The Balaban J connectivity index is 2.14. The van der Waals surface area contributed by atoms with Gasteiger partial charge in [-0.1, -0.05) is 32.0 Å². The van der Waals surface area contributed by atoms with Crippen LogP contribution in [0.2, 0.25) is 0 Å². The largest absolute Gasteiger partial charge is 0.404 e. The summed E-state index contributed by atoms with van der Waals surface area (Å²) in [4.78, 5) is 28.4. The van der Waals surface area contributed by atoms with Crippen LogP contribution in [0.3, 0.4) is 0 Å². The number of rotatable bonds is 6. The Morgan fingerprint density at radius 2 is 2.06 bits per heavy atom. The standard InChI is InChI=1S/C24H24FN5O2/c1-14(2)13-30-22(16(11-27)12-28)21(19-5-3-4-6-20(19)24(30)32)23(31)29-18-8-15(10-26)7-17(25)9-18/h3-9,11-12,14,21-22,27H,13,28H2,1-2H3,(H,29,31)/b16-12+,27-11?/t21-,22+/m0/s1. The van der Waals surface area contributed by atoms with E-state index in [1.54, 1.807) is 29.2 Å². The molecule has 0 bridgehead atoms. The molecule has 2 aromatic carbocycles. The van der Waals surface area contributed by atoms with Gasteiger partial charge in [0.2, 0.25) is 5.91 Å². The number of halogens is 1. The fourth-order valence-corrected chi connectivity index (χ4v) is 4.02. The number of amides is 2. The lowest BCUT2D eigenvalue weighted by Crippen LogP contribution is -2.53. The molecule has 0 saturated carbocycles. The second-order valence-electron chi connectivity index (χ2n) is 8.00. The van der Waals surface area contributed by atoms with Crippen molar-refractivity contribution in [1.29, 1.82) is 10.7 Å². The summed E-state index contributed by atoms with van der Waals surface area (Å²) < 4.78 is 13.9. The highest BCUT2D eigenvalue weighted by atomic mass is 19.1. The first-order valence-electron chi connectivity index (χ1n) is 10.1. The zero-order valence-corrected chi connectivity index (χ0v) is 17.8. The summed E-state index contributed by atoms with van der Waals surface area (Å²) in [6.45, 7) is 4.25. The molecule has 1 heterocycles. The van der Waals surface area contributed by atoms with Gasteiger partial charge in [0.15, 0.2) is 0 Å². The molecule has 0 aliphatic carbocycles. The van der Waals surface area contributed by atoms with Gasteiger partial charge in [0.1, 0.15) is 5.82 Å². The number of nitriles is 1. The Hall–Kier alpha value is -3.99. The number of benzene rings is 2. The van der Waals surface area contributed by atoms with E-state index in [1.807, 2.05) is 19.9 Å². The van der Waals surface area contributed by atoms with E-state index in [0.29, 0.717) is 23.2 Å². The van der Waals surface area contributed by atoms with E-state index < -0.39 is 23.7 Å². The molecule has 32 heavy (non-hydrogen) atoms. The van der Waals surface area contributed by atoms with Crippen LogP contribution in [0.5, 0.6) is 0 Å². The van der Waals surface area contributed by atoms with Gasteiger partial charge in [0.05, 0.1) is 23.6 Å². The number of anilines is 1. The SMILES string of the molecule is CC(C)CN1C(=O)c2ccccc2[C@H](C(=O)Nc2cc(F)cc(C#N)c2)[C@H]1/C(C=N)=C/N. The maximum atomic E-state index is 13.9. The summed E-state index contributed by atoms with van der Waals surface area (Å²) in [7, 11) is 0. The molecule has 0 spiro atoms. The van der Waals surface area contributed by atoms with Crippen LogP contribution in [-0.2, 0) is 4.79 Å². The highest BCUT2D eigenvalue weighted by molar-refractivity contribution is 6.05. The lowest BCUT2D eigenvalue weighted by molar-refractivity contribution is -0.118. The van der Waals surface area contributed by atoms with Gasteiger partial charge in [0.25, 0.3) is 5.91 Å². The fraction of sp³-hybridized carbons (Fsp3) is 0.250. The molecule has 0 aromatic heterocycles. The van der Waals surface area contributed by atoms with Crippen molar-refractivity contribution in [1.82, 2.24) is 4.90 Å². The third-order valence-corrected chi connectivity index (χ3v) is 5.28. The van der Waals surface area contributed by atoms with Crippen LogP contribution in [0.25, 0.3) is 0 Å². The van der Waals surface area contributed by atoms with Gasteiger partial charge >= 0.3 is 0 Å². The zero-order valence-electron chi connectivity index (χ0n) is 17.8. The van der Waals surface area contributed by atoms with E-state index in [4.69, 9.17) is 16.4 Å². The number of carbonyl (C=O) groups excluding carboxylic acids is 2. The van der Waals surface area contributed by atoms with E-state index in [2.05, 4.69) is 5.32 Å². The predicted octanol–water partition coefficient (Wildman–Crippen LogP) is 3.39. The average Bonchev–Trinajstić information content (AvgIpc) is 2.76. The predicted molar refractivity (Wildman–Crippen MR) is 120 cm³/mol. The van der Waals surface area contributed by atoms with Crippen molar-refractivity contribution < 1.29 is 14.0 Å². The molecule has 8 heteroatoms. The van der Waals surface area contributed by atoms with Crippen molar-refractivity contribution >= 4 is 23.7 Å². The van der Waals surface area contributed by atoms with E-state index in [-0.39, 0.29) is 23.1 Å². The third-order valence-electron chi connectivity index (χ3n) is 5.28. The van der Waals surface area contributed by atoms with Crippen LogP contribution in [-0.4, -0.2) is 35.5 Å². The second-order valence-corrected chi connectivity index (χ2v) is 8.00. The van der Waals surface area contributed by atoms with Gasteiger partial charge < -0.3 is 21.4 Å². The van der Waals surface area contributed by atoms with E-state index in [9.17, 15) is 14.0 Å². The first kappa shape index (κ1) is 22.7. The zero-order chi connectivity index (χ0) is 23.4. The molecule has 2 atom stereocenters. The Kier molecular flexibility index (Phi) is 6.69. The Bertz CT molecular complexity index is 1140. The van der Waals surface area contributed by atoms with Crippen LogP contribution >= 0.6 is 0 Å². The summed E-state index contributed by atoms with van der Waals surface area (Å²) in [6, 6.07) is 11.4. The first-order valence-corrected chi connectivity index (χ1v) is 10.1. The van der Waals surface area contributed by atoms with Crippen molar-refractivity contribution in [3.05, 3.63) is 76.7 Å². The monoisotopic (exact) mass is 433 g/mol. The Morgan fingerprint density at radius 1 is 1.34 bits per heavy atom. The van der Waals surface area contributed by atoms with Crippen LogP contribution in [0.4, 0.5) is 10.1 Å². The molecular formula is C24H24FN5O2. The third kappa shape index (κ3) is 4.37. The first-order chi connectivity index (χ1) is 15.3. The maximum absolute atomic E-state index is 13.9. The lowest BCUT2D eigenvalue weighted by atomic mass is 9.79. The van der Waals surface area contributed by atoms with Crippen molar-refractivity contribution in [2.24, 2.45) is 11.7 Å².